The van der Waals surface area contributed by atoms with Gasteiger partial charge >= 0.3 is 0 Å². The second-order valence-corrected chi connectivity index (χ2v) is 6.98. The summed E-state index contributed by atoms with van der Waals surface area (Å²) >= 11 is 0. The molecule has 0 aromatic carbocycles. The van der Waals surface area contributed by atoms with E-state index in [4.69, 9.17) is 4.74 Å². The van der Waals surface area contributed by atoms with Crippen molar-refractivity contribution in [1.29, 1.82) is 0 Å². The van der Waals surface area contributed by atoms with Gasteiger partial charge in [-0.1, -0.05) is 0 Å². The van der Waals surface area contributed by atoms with Crippen LogP contribution < -0.4 is 9.64 Å². The van der Waals surface area contributed by atoms with Gasteiger partial charge in [0.2, 0.25) is 11.8 Å². The molecule has 3 heterocycles. The Morgan fingerprint density at radius 2 is 1.96 bits per heavy atom. The summed E-state index contributed by atoms with van der Waals surface area (Å²) in [7, 11) is 3.86. The van der Waals surface area contributed by atoms with Gasteiger partial charge in [0, 0.05) is 53.3 Å². The fraction of sp³-hybridized carbons (Fsp3) is 0.611. The molecule has 2 aliphatic rings. The largest absolute Gasteiger partial charge is 0.485 e. The quantitative estimate of drug-likeness (QED) is 0.814. The van der Waals surface area contributed by atoms with Crippen LogP contribution in [0, 0.1) is 5.92 Å². The van der Waals surface area contributed by atoms with E-state index in [-0.39, 0.29) is 23.8 Å². The monoisotopic (exact) mass is 346 g/mol. The highest BCUT2D eigenvalue weighted by atomic mass is 16.5. The molecule has 0 spiro atoms. The Kier molecular flexibility index (Phi) is 5.11. The van der Waals surface area contributed by atoms with Crippen LogP contribution in [0.1, 0.15) is 19.8 Å². The van der Waals surface area contributed by atoms with Gasteiger partial charge in [0.1, 0.15) is 6.10 Å². The molecule has 0 aliphatic carbocycles. The van der Waals surface area contributed by atoms with Crippen LogP contribution in [0.2, 0.25) is 0 Å². The van der Waals surface area contributed by atoms with E-state index in [0.717, 1.165) is 24.4 Å². The molecular weight excluding hydrogens is 320 g/mol. The van der Waals surface area contributed by atoms with Gasteiger partial charge in [0.05, 0.1) is 12.5 Å². The van der Waals surface area contributed by atoms with Gasteiger partial charge in [0.25, 0.3) is 0 Å². The first kappa shape index (κ1) is 17.5. The zero-order valence-corrected chi connectivity index (χ0v) is 15.1. The van der Waals surface area contributed by atoms with E-state index in [1.54, 1.807) is 18.0 Å². The van der Waals surface area contributed by atoms with Crippen molar-refractivity contribution >= 4 is 17.6 Å². The normalized spacial score (nSPS) is 23.0. The Morgan fingerprint density at radius 1 is 1.20 bits per heavy atom. The molecule has 2 atom stereocenters. The highest BCUT2D eigenvalue weighted by Crippen LogP contribution is 2.28. The molecule has 2 unspecified atom stereocenters. The second-order valence-electron chi connectivity index (χ2n) is 6.98. The van der Waals surface area contributed by atoms with E-state index in [9.17, 15) is 9.59 Å². The molecule has 0 N–H and O–H groups in total. The van der Waals surface area contributed by atoms with E-state index in [0.29, 0.717) is 26.2 Å². The lowest BCUT2D eigenvalue weighted by Crippen LogP contribution is -2.37. The van der Waals surface area contributed by atoms with Gasteiger partial charge < -0.3 is 19.4 Å². The van der Waals surface area contributed by atoms with Crippen molar-refractivity contribution in [3.63, 3.8) is 0 Å². The average molecular weight is 346 g/mol. The van der Waals surface area contributed by atoms with Gasteiger partial charge in [-0.2, -0.15) is 0 Å². The van der Waals surface area contributed by atoms with Crippen molar-refractivity contribution in [2.75, 3.05) is 45.2 Å². The predicted octanol–water partition coefficient (Wildman–Crippen LogP) is 0.996. The van der Waals surface area contributed by atoms with E-state index < -0.39 is 0 Å². The average Bonchev–Trinajstić information content (AvgIpc) is 3.24. The van der Waals surface area contributed by atoms with Crippen LogP contribution in [0.15, 0.2) is 18.3 Å². The molecule has 1 aromatic heterocycles. The molecule has 0 bridgehead atoms. The van der Waals surface area contributed by atoms with Crippen molar-refractivity contribution < 1.29 is 14.3 Å². The number of nitrogens with zero attached hydrogens (tertiary/aromatic N) is 4. The summed E-state index contributed by atoms with van der Waals surface area (Å²) in [5, 5.41) is 0. The summed E-state index contributed by atoms with van der Waals surface area (Å²) in [4.78, 5) is 34.0. The highest BCUT2D eigenvalue weighted by molar-refractivity contribution is 5.81. The molecule has 0 radical (unpaired) electrons. The fourth-order valence-electron chi connectivity index (χ4n) is 3.52. The third kappa shape index (κ3) is 3.86. The van der Waals surface area contributed by atoms with Crippen LogP contribution in [-0.4, -0.2) is 73.0 Å². The summed E-state index contributed by atoms with van der Waals surface area (Å²) in [6.07, 6.45) is 3.30. The minimum absolute atomic E-state index is 0.0165. The van der Waals surface area contributed by atoms with Crippen molar-refractivity contribution in [2.24, 2.45) is 5.92 Å². The zero-order chi connectivity index (χ0) is 18.0. The molecular formula is C18H26N4O3. The second kappa shape index (κ2) is 7.29. The lowest BCUT2D eigenvalue weighted by Gasteiger charge is -2.22. The maximum Gasteiger partial charge on any atom is 0.227 e. The number of carbonyl (C=O) groups is 2. The lowest BCUT2D eigenvalue weighted by molar-refractivity contribution is -0.134. The first-order valence-electron chi connectivity index (χ1n) is 8.79. The zero-order valence-electron chi connectivity index (χ0n) is 15.1. The van der Waals surface area contributed by atoms with Crippen LogP contribution in [-0.2, 0) is 9.59 Å². The van der Waals surface area contributed by atoms with Gasteiger partial charge in [-0.15, -0.1) is 0 Å². The number of amides is 2. The summed E-state index contributed by atoms with van der Waals surface area (Å²) in [5.74, 6) is 1.66. The van der Waals surface area contributed by atoms with Crippen LogP contribution in [0.4, 0.5) is 5.82 Å². The number of hydrogen-bond acceptors (Lipinski definition) is 5. The Morgan fingerprint density at radius 3 is 2.64 bits per heavy atom. The fourth-order valence-corrected chi connectivity index (χ4v) is 3.52. The number of rotatable bonds is 4. The van der Waals surface area contributed by atoms with Gasteiger partial charge in [-0.3, -0.25) is 9.59 Å². The smallest absolute Gasteiger partial charge is 0.227 e. The summed E-state index contributed by atoms with van der Waals surface area (Å²) in [5.41, 5.74) is 0. The minimum Gasteiger partial charge on any atom is -0.485 e. The minimum atomic E-state index is -0.0709. The first-order chi connectivity index (χ1) is 12.0. The molecule has 2 amide bonds. The van der Waals surface area contributed by atoms with E-state index in [2.05, 4.69) is 4.98 Å². The SMILES string of the molecule is CC(=O)N1CCC(C(=O)N2CCC(Oc3cccnc3N(C)C)C2)C1. The van der Waals surface area contributed by atoms with Crippen LogP contribution in [0.3, 0.4) is 0 Å². The summed E-state index contributed by atoms with van der Waals surface area (Å²) in [6.45, 7) is 4.09. The van der Waals surface area contributed by atoms with Crippen molar-refractivity contribution in [3.8, 4) is 5.75 Å². The summed E-state index contributed by atoms with van der Waals surface area (Å²) in [6, 6.07) is 3.77. The van der Waals surface area contributed by atoms with Crippen molar-refractivity contribution in [2.45, 2.75) is 25.9 Å². The molecule has 25 heavy (non-hydrogen) atoms. The highest BCUT2D eigenvalue weighted by Gasteiger charge is 2.36. The molecule has 7 nitrogen and oxygen atoms in total. The number of likely N-dealkylation sites (tertiary alicyclic amines) is 2. The molecule has 2 aliphatic heterocycles. The number of aromatic nitrogens is 1. The topological polar surface area (TPSA) is 66.0 Å². The molecule has 1 aromatic rings. The molecule has 2 fully saturated rings. The maximum absolute atomic E-state index is 12.7. The first-order valence-corrected chi connectivity index (χ1v) is 8.79. The Hall–Kier alpha value is -2.31. The van der Waals surface area contributed by atoms with Crippen molar-refractivity contribution in [1.82, 2.24) is 14.8 Å². The third-order valence-electron chi connectivity index (χ3n) is 4.91. The summed E-state index contributed by atoms with van der Waals surface area (Å²) < 4.78 is 6.11. The standard InChI is InChI=1S/C18H26N4O3/c1-13(23)21-9-6-14(11-21)18(24)22-10-7-15(12-22)25-16-5-4-8-19-17(16)20(2)3/h4-5,8,14-15H,6-7,9-12H2,1-3H3. The molecule has 7 heteroatoms. The molecule has 0 saturated carbocycles. The number of anilines is 1. The molecule has 136 valence electrons. The maximum atomic E-state index is 12.7. The van der Waals surface area contributed by atoms with Crippen LogP contribution >= 0.6 is 0 Å². The van der Waals surface area contributed by atoms with Gasteiger partial charge in [0.15, 0.2) is 11.6 Å². The Labute approximate surface area is 148 Å². The van der Waals surface area contributed by atoms with Gasteiger partial charge in [-0.05, 0) is 18.6 Å². The number of hydrogen-bond donors (Lipinski definition) is 0. The van der Waals surface area contributed by atoms with Crippen LogP contribution in [0.25, 0.3) is 0 Å². The number of pyridine rings is 1. The van der Waals surface area contributed by atoms with E-state index in [1.165, 1.54) is 0 Å². The number of carbonyl (C=O) groups excluding carboxylic acids is 2. The predicted molar refractivity (Wildman–Crippen MR) is 94.5 cm³/mol. The third-order valence-corrected chi connectivity index (χ3v) is 4.91. The van der Waals surface area contributed by atoms with E-state index in [1.807, 2.05) is 36.0 Å². The Balaban J connectivity index is 1.57. The number of ether oxygens (including phenoxy) is 1. The Bertz CT molecular complexity index is 649. The molecule has 3 rings (SSSR count). The molecule has 2 saturated heterocycles. The van der Waals surface area contributed by atoms with Gasteiger partial charge in [-0.25, -0.2) is 4.98 Å². The lowest BCUT2D eigenvalue weighted by atomic mass is 10.1. The van der Waals surface area contributed by atoms with Crippen LogP contribution in [0.5, 0.6) is 5.75 Å². The van der Waals surface area contributed by atoms with E-state index >= 15 is 0 Å². The van der Waals surface area contributed by atoms with Crippen molar-refractivity contribution in [3.05, 3.63) is 18.3 Å².